The highest BCUT2D eigenvalue weighted by molar-refractivity contribution is 7.98. The van der Waals surface area contributed by atoms with Gasteiger partial charge < -0.3 is 10.6 Å². The van der Waals surface area contributed by atoms with E-state index in [0.29, 0.717) is 13.0 Å². The van der Waals surface area contributed by atoms with Gasteiger partial charge in [-0.2, -0.15) is 11.8 Å². The average Bonchev–Trinajstić information content (AvgIpc) is 2.49. The third kappa shape index (κ3) is 6.29. The normalized spacial score (nSPS) is 12.4. The average molecular weight is 281 g/mol. The minimum absolute atomic E-state index is 0.204. The predicted octanol–water partition coefficient (Wildman–Crippen LogP) is 1.56. The van der Waals surface area contributed by atoms with Crippen molar-refractivity contribution in [2.75, 3.05) is 12.0 Å². The lowest BCUT2D eigenvalue weighted by atomic mass is 10.2. The molecule has 0 radical (unpaired) electrons. The Morgan fingerprint density at radius 3 is 2.74 bits per heavy atom. The van der Waals surface area contributed by atoms with Crippen molar-refractivity contribution in [3.63, 3.8) is 0 Å². The van der Waals surface area contributed by atoms with Crippen molar-refractivity contribution in [3.05, 3.63) is 35.9 Å². The zero-order valence-electron chi connectivity index (χ0n) is 12.0. The van der Waals surface area contributed by atoms with Crippen LogP contribution < -0.4 is 10.6 Å². The Hall–Kier alpha value is -1.49. The Kier molecular flexibility index (Phi) is 6.29. The van der Waals surface area contributed by atoms with Crippen LogP contribution in [0.2, 0.25) is 0 Å². The molecule has 0 fully saturated rings. The molecule has 0 heterocycles. The van der Waals surface area contributed by atoms with Gasteiger partial charge in [0.05, 0.1) is 0 Å². The molecule has 0 saturated carbocycles. The number of hydrogen-bond acceptors (Lipinski definition) is 3. The topological polar surface area (TPSA) is 58.2 Å². The maximum absolute atomic E-state index is 12.1. The Morgan fingerprint density at radius 1 is 1.37 bits per heavy atom. The van der Waals surface area contributed by atoms with E-state index in [1.165, 1.54) is 0 Å². The smallest absolute Gasteiger partial charge is 0.242 e. The highest BCUT2D eigenvalue weighted by Gasteiger charge is 2.18. The summed E-state index contributed by atoms with van der Waals surface area (Å²) in [6.45, 7) is 0.0773. The second kappa shape index (κ2) is 8.58. The first-order chi connectivity index (χ1) is 9.67. The molecule has 0 aliphatic rings. The molecule has 5 heteroatoms. The van der Waals surface area contributed by atoms with Gasteiger partial charge in [0.2, 0.25) is 11.8 Å². The molecule has 0 spiro atoms. The summed E-state index contributed by atoms with van der Waals surface area (Å²) in [6.07, 6.45) is 2.51. The lowest BCUT2D eigenvalue weighted by molar-refractivity contribution is -0.128. The maximum atomic E-state index is 12.1. The molecule has 0 bridgehead atoms. The second-order valence-corrected chi connectivity index (χ2v) is 5.09. The summed E-state index contributed by atoms with van der Waals surface area (Å²) in [5, 5.41) is 5.40. The first kappa shape index (κ1) is 13.9. The number of amides is 2. The summed E-state index contributed by atoms with van der Waals surface area (Å²) >= 11 is 1.62. The van der Waals surface area contributed by atoms with Crippen LogP contribution in [0.3, 0.4) is 0 Å². The van der Waals surface area contributed by atoms with Gasteiger partial charge in [-0.3, -0.25) is 9.59 Å². The van der Waals surface area contributed by atoms with E-state index in [2.05, 4.69) is 10.6 Å². The fraction of sp³-hybridized carbons (Fsp3) is 0.429. The third-order valence-corrected chi connectivity index (χ3v) is 3.22. The number of rotatable bonds is 7. The van der Waals surface area contributed by atoms with Gasteiger partial charge in [0.1, 0.15) is 6.04 Å². The van der Waals surface area contributed by atoms with Crippen molar-refractivity contribution in [2.24, 2.45) is 0 Å². The molecule has 4 nitrogen and oxygen atoms in total. The van der Waals surface area contributed by atoms with Crippen molar-refractivity contribution >= 4 is 23.6 Å². The van der Waals surface area contributed by atoms with Crippen LogP contribution in [0.25, 0.3) is 0 Å². The van der Waals surface area contributed by atoms with Crippen molar-refractivity contribution in [1.29, 1.82) is 0 Å². The molecule has 0 aromatic heterocycles. The molecule has 0 unspecified atom stereocenters. The van der Waals surface area contributed by atoms with E-state index in [9.17, 15) is 9.59 Å². The molecule has 1 aromatic carbocycles. The molecule has 19 heavy (non-hydrogen) atoms. The van der Waals surface area contributed by atoms with Crippen molar-refractivity contribution in [2.45, 2.75) is 25.9 Å². The number of nitrogens with one attached hydrogen (secondary N) is 2. The van der Waals surface area contributed by atoms with Crippen LogP contribution >= 0.6 is 11.8 Å². The molecule has 0 aliphatic heterocycles. The number of thioether (sulfide) groups is 1. The number of carbonyl (C=O) groups excluding carboxylic acids is 2. The summed E-state index contributed by atoms with van der Waals surface area (Å²) in [7, 11) is 0. The highest BCUT2D eigenvalue weighted by atomic mass is 32.2. The maximum Gasteiger partial charge on any atom is 0.242 e. The van der Waals surface area contributed by atoms with E-state index in [0.717, 1.165) is 11.3 Å². The van der Waals surface area contributed by atoms with Gasteiger partial charge in [0.15, 0.2) is 0 Å². The molecule has 1 aromatic rings. The van der Waals surface area contributed by atoms with E-state index in [1.54, 1.807) is 11.8 Å². The summed E-state index contributed by atoms with van der Waals surface area (Å²) in [5.74, 6) is 0.150. The van der Waals surface area contributed by atoms with Gasteiger partial charge in [0, 0.05) is 14.8 Å². The van der Waals surface area contributed by atoms with Crippen LogP contribution in [0, 0.1) is 0 Å². The van der Waals surface area contributed by atoms with Crippen LogP contribution in [-0.4, -0.2) is 29.9 Å². The van der Waals surface area contributed by atoms with E-state index >= 15 is 0 Å². The fourth-order valence-corrected chi connectivity index (χ4v) is 2.08. The first-order valence-corrected chi connectivity index (χ1v) is 7.46. The SMILES string of the molecule is [2H]CC(=O)N[C@@H](CCSC)C(=O)NCc1ccccc1. The lowest BCUT2D eigenvalue weighted by Crippen LogP contribution is -2.46. The Bertz CT molecular complexity index is 428. The summed E-state index contributed by atoms with van der Waals surface area (Å²) < 4.78 is 7.01. The van der Waals surface area contributed by atoms with E-state index in [-0.39, 0.29) is 12.8 Å². The molecular formula is C14H20N2O2S. The minimum Gasteiger partial charge on any atom is -0.350 e. The highest BCUT2D eigenvalue weighted by Crippen LogP contribution is 2.02. The quantitative estimate of drug-likeness (QED) is 0.797. The zero-order valence-corrected chi connectivity index (χ0v) is 11.8. The minimum atomic E-state index is -0.566. The van der Waals surface area contributed by atoms with Gasteiger partial charge in [-0.15, -0.1) is 0 Å². The summed E-state index contributed by atoms with van der Waals surface area (Å²) in [6, 6.07) is 9.03. The molecule has 2 N–H and O–H groups in total. The zero-order chi connectivity index (χ0) is 14.8. The number of benzene rings is 1. The van der Waals surface area contributed by atoms with Gasteiger partial charge >= 0.3 is 0 Å². The van der Waals surface area contributed by atoms with Gasteiger partial charge in [0.25, 0.3) is 0 Å². The van der Waals surface area contributed by atoms with Crippen LogP contribution in [0.4, 0.5) is 0 Å². The van der Waals surface area contributed by atoms with Gasteiger partial charge in [-0.1, -0.05) is 30.3 Å². The third-order valence-electron chi connectivity index (χ3n) is 2.57. The monoisotopic (exact) mass is 281 g/mol. The van der Waals surface area contributed by atoms with E-state index < -0.39 is 11.9 Å². The largest absolute Gasteiger partial charge is 0.350 e. The number of carbonyl (C=O) groups is 2. The van der Waals surface area contributed by atoms with E-state index in [1.807, 2.05) is 36.6 Å². The molecule has 1 rings (SSSR count). The molecule has 0 aliphatic carbocycles. The Morgan fingerprint density at radius 2 is 2.11 bits per heavy atom. The van der Waals surface area contributed by atoms with Gasteiger partial charge in [-0.05, 0) is 24.0 Å². The van der Waals surface area contributed by atoms with Crippen molar-refractivity contribution in [1.82, 2.24) is 10.6 Å². The molecule has 2 amide bonds. The molecule has 104 valence electrons. The predicted molar refractivity (Wildman–Crippen MR) is 78.9 cm³/mol. The van der Waals surface area contributed by atoms with Crippen LogP contribution in [0.5, 0.6) is 0 Å². The second-order valence-electron chi connectivity index (χ2n) is 4.10. The van der Waals surface area contributed by atoms with Crippen molar-refractivity contribution < 1.29 is 11.0 Å². The molecule has 0 saturated heterocycles. The standard InChI is InChI=1S/C14H20N2O2S/c1-11(17)16-13(8-9-19-2)14(18)15-10-12-6-4-3-5-7-12/h3-7,13H,8-10H2,1-2H3,(H,15,18)(H,16,17)/t13-/m0/s1/i1D. The first-order valence-electron chi connectivity index (χ1n) is 6.77. The van der Waals surface area contributed by atoms with Crippen LogP contribution in [0.1, 0.15) is 20.3 Å². The Balaban J connectivity index is 2.51. The van der Waals surface area contributed by atoms with Crippen LogP contribution in [-0.2, 0) is 16.1 Å². The summed E-state index contributed by atoms with van der Waals surface area (Å²) in [5.41, 5.74) is 1.01. The lowest BCUT2D eigenvalue weighted by Gasteiger charge is -2.17. The van der Waals surface area contributed by atoms with Gasteiger partial charge in [-0.25, -0.2) is 0 Å². The number of hydrogen-bond donors (Lipinski definition) is 2. The fourth-order valence-electron chi connectivity index (χ4n) is 1.61. The van der Waals surface area contributed by atoms with Crippen LogP contribution in [0.15, 0.2) is 30.3 Å². The summed E-state index contributed by atoms with van der Waals surface area (Å²) in [4.78, 5) is 23.4. The Labute approximate surface area is 119 Å². The van der Waals surface area contributed by atoms with Crippen molar-refractivity contribution in [3.8, 4) is 0 Å². The molecule has 1 atom stereocenters. The molecular weight excluding hydrogens is 260 g/mol. The van der Waals surface area contributed by atoms with E-state index in [4.69, 9.17) is 1.37 Å².